The molecule has 3 N–H and O–H groups in total. The van der Waals surface area contributed by atoms with Crippen LogP contribution in [-0.4, -0.2) is 33.5 Å². The minimum atomic E-state index is -1.34. The number of carbonyl (C=O) groups is 1. The highest BCUT2D eigenvalue weighted by molar-refractivity contribution is 7.80. The highest BCUT2D eigenvalue weighted by atomic mass is 35.5. The number of benzene rings is 1. The monoisotopic (exact) mass is 262 g/mol. The number of phenolic OH excluding ortho intramolecular Hbond substituents is 1. The molecular formula is C10H11ClO4S. The van der Waals surface area contributed by atoms with E-state index in [-0.39, 0.29) is 27.7 Å². The molecule has 2 unspecified atom stereocenters. The van der Waals surface area contributed by atoms with Gasteiger partial charge in [-0.3, -0.25) is 4.79 Å². The van der Waals surface area contributed by atoms with Gasteiger partial charge in [0.2, 0.25) is 0 Å². The third-order valence-corrected chi connectivity index (χ3v) is 2.72. The number of carbonyl (C=O) groups excluding carboxylic acids is 1. The molecule has 0 radical (unpaired) electrons. The van der Waals surface area contributed by atoms with Crippen molar-refractivity contribution in [3.8, 4) is 5.75 Å². The molecule has 0 heterocycles. The SMILES string of the molecule is O=Cc1cc(Cl)cc(C(O)C(O)CS)c1O. The molecule has 0 bridgehead atoms. The molecule has 0 spiro atoms. The molecule has 4 nitrogen and oxygen atoms in total. The normalized spacial score (nSPS) is 14.5. The fourth-order valence-electron chi connectivity index (χ4n) is 1.26. The first-order valence-electron chi connectivity index (χ1n) is 4.45. The van der Waals surface area contributed by atoms with E-state index in [9.17, 15) is 20.1 Å². The molecule has 1 rings (SSSR count). The molecule has 0 aliphatic heterocycles. The highest BCUT2D eigenvalue weighted by Gasteiger charge is 2.22. The van der Waals surface area contributed by atoms with Gasteiger partial charge in [0.15, 0.2) is 6.29 Å². The molecule has 0 amide bonds. The van der Waals surface area contributed by atoms with E-state index >= 15 is 0 Å². The number of aldehydes is 1. The van der Waals surface area contributed by atoms with E-state index in [4.69, 9.17) is 11.6 Å². The van der Waals surface area contributed by atoms with Gasteiger partial charge in [0.05, 0.1) is 11.7 Å². The van der Waals surface area contributed by atoms with Crippen molar-refractivity contribution in [2.75, 3.05) is 5.75 Å². The highest BCUT2D eigenvalue weighted by Crippen LogP contribution is 2.32. The van der Waals surface area contributed by atoms with Gasteiger partial charge >= 0.3 is 0 Å². The van der Waals surface area contributed by atoms with Crippen molar-refractivity contribution < 1.29 is 20.1 Å². The first-order chi connectivity index (χ1) is 7.51. The summed E-state index contributed by atoms with van der Waals surface area (Å²) in [4.78, 5) is 10.6. The van der Waals surface area contributed by atoms with Gasteiger partial charge < -0.3 is 15.3 Å². The lowest BCUT2D eigenvalue weighted by Crippen LogP contribution is -2.20. The molecule has 6 heteroatoms. The Kier molecular flexibility index (Phi) is 4.61. The number of thiol groups is 1. The molecule has 0 saturated carbocycles. The van der Waals surface area contributed by atoms with Gasteiger partial charge in [-0.2, -0.15) is 12.6 Å². The predicted octanol–water partition coefficient (Wildman–Crippen LogP) is 1.18. The van der Waals surface area contributed by atoms with Gasteiger partial charge in [0, 0.05) is 16.3 Å². The maximum Gasteiger partial charge on any atom is 0.153 e. The van der Waals surface area contributed by atoms with Crippen LogP contribution in [0.25, 0.3) is 0 Å². The Hall–Kier alpha value is -0.750. The number of aromatic hydroxyl groups is 1. The van der Waals surface area contributed by atoms with Crippen LogP contribution < -0.4 is 0 Å². The van der Waals surface area contributed by atoms with Crippen molar-refractivity contribution in [1.29, 1.82) is 0 Å². The van der Waals surface area contributed by atoms with E-state index in [0.29, 0.717) is 6.29 Å². The molecule has 16 heavy (non-hydrogen) atoms. The van der Waals surface area contributed by atoms with Crippen LogP contribution >= 0.6 is 24.2 Å². The summed E-state index contributed by atoms with van der Waals surface area (Å²) in [5.41, 5.74) is -0.0240. The summed E-state index contributed by atoms with van der Waals surface area (Å²) in [7, 11) is 0. The number of aliphatic hydroxyl groups is 2. The first kappa shape index (κ1) is 13.3. The van der Waals surface area contributed by atoms with Crippen molar-refractivity contribution in [3.05, 3.63) is 28.3 Å². The topological polar surface area (TPSA) is 77.8 Å². The van der Waals surface area contributed by atoms with Gasteiger partial charge in [0.1, 0.15) is 11.9 Å². The minimum Gasteiger partial charge on any atom is -0.507 e. The fraction of sp³-hybridized carbons (Fsp3) is 0.300. The van der Waals surface area contributed by atoms with Crippen LogP contribution in [0, 0.1) is 0 Å². The number of phenols is 1. The largest absolute Gasteiger partial charge is 0.507 e. The van der Waals surface area contributed by atoms with Crippen LogP contribution in [0.3, 0.4) is 0 Å². The second kappa shape index (κ2) is 5.54. The number of rotatable bonds is 4. The van der Waals surface area contributed by atoms with E-state index in [1.54, 1.807) is 0 Å². The van der Waals surface area contributed by atoms with Crippen LogP contribution in [0.1, 0.15) is 22.0 Å². The lowest BCUT2D eigenvalue weighted by Gasteiger charge is -2.18. The number of aliphatic hydroxyl groups excluding tert-OH is 2. The average Bonchev–Trinajstić information content (AvgIpc) is 2.29. The van der Waals surface area contributed by atoms with E-state index in [0.717, 1.165) is 0 Å². The van der Waals surface area contributed by atoms with Gasteiger partial charge in [0.25, 0.3) is 0 Å². The summed E-state index contributed by atoms with van der Waals surface area (Å²) < 4.78 is 0. The van der Waals surface area contributed by atoms with Crippen molar-refractivity contribution >= 4 is 30.5 Å². The molecule has 0 saturated heterocycles. The maximum atomic E-state index is 10.6. The Morgan fingerprint density at radius 3 is 2.56 bits per heavy atom. The van der Waals surface area contributed by atoms with Crippen molar-refractivity contribution in [2.45, 2.75) is 12.2 Å². The summed E-state index contributed by atoms with van der Waals surface area (Å²) in [5.74, 6) is -0.364. The van der Waals surface area contributed by atoms with Crippen molar-refractivity contribution in [3.63, 3.8) is 0 Å². The van der Waals surface area contributed by atoms with E-state index < -0.39 is 12.2 Å². The van der Waals surface area contributed by atoms with Crippen molar-refractivity contribution in [1.82, 2.24) is 0 Å². The molecular weight excluding hydrogens is 252 g/mol. The molecule has 0 aromatic heterocycles. The van der Waals surface area contributed by atoms with E-state index in [1.807, 2.05) is 0 Å². The van der Waals surface area contributed by atoms with Gasteiger partial charge in [-0.25, -0.2) is 0 Å². The Morgan fingerprint density at radius 1 is 1.44 bits per heavy atom. The third kappa shape index (κ3) is 2.68. The average molecular weight is 263 g/mol. The molecule has 0 fully saturated rings. The van der Waals surface area contributed by atoms with Crippen LogP contribution in [0.4, 0.5) is 0 Å². The first-order valence-corrected chi connectivity index (χ1v) is 5.46. The molecule has 2 atom stereocenters. The molecule has 1 aromatic rings. The Morgan fingerprint density at radius 2 is 2.06 bits per heavy atom. The summed E-state index contributed by atoms with van der Waals surface area (Å²) >= 11 is 9.53. The number of halogens is 1. The van der Waals surface area contributed by atoms with E-state index in [2.05, 4.69) is 12.6 Å². The maximum absolute atomic E-state index is 10.6. The van der Waals surface area contributed by atoms with Gasteiger partial charge in [-0.1, -0.05) is 11.6 Å². The molecule has 88 valence electrons. The van der Waals surface area contributed by atoms with Crippen LogP contribution in [0.5, 0.6) is 5.75 Å². The quantitative estimate of drug-likeness (QED) is 0.485. The third-order valence-electron chi connectivity index (χ3n) is 2.13. The molecule has 0 aliphatic carbocycles. The predicted molar refractivity (Wildman–Crippen MR) is 63.3 cm³/mol. The van der Waals surface area contributed by atoms with Crippen LogP contribution in [0.15, 0.2) is 12.1 Å². The van der Waals surface area contributed by atoms with Crippen LogP contribution in [-0.2, 0) is 0 Å². The van der Waals surface area contributed by atoms with Gasteiger partial charge in [-0.05, 0) is 12.1 Å². The summed E-state index contributed by atoms with van der Waals surface area (Å²) in [6.07, 6.45) is -2.06. The van der Waals surface area contributed by atoms with Crippen molar-refractivity contribution in [2.24, 2.45) is 0 Å². The number of hydrogen-bond donors (Lipinski definition) is 4. The Bertz CT molecular complexity index is 397. The fourth-order valence-corrected chi connectivity index (χ4v) is 1.70. The Labute approximate surface area is 103 Å². The zero-order valence-corrected chi connectivity index (χ0v) is 9.82. The van der Waals surface area contributed by atoms with Gasteiger partial charge in [-0.15, -0.1) is 0 Å². The standard InChI is InChI=1S/C10H11ClO4S/c11-6-1-5(3-12)9(14)7(2-6)10(15)8(13)4-16/h1-3,8,10,13-16H,4H2. The summed E-state index contributed by atoms with van der Waals surface area (Å²) in [6, 6.07) is 2.56. The minimum absolute atomic E-state index is 0.0103. The van der Waals surface area contributed by atoms with E-state index in [1.165, 1.54) is 12.1 Å². The summed E-state index contributed by atoms with van der Waals surface area (Å²) in [6.45, 7) is 0. The molecule has 0 aliphatic rings. The Balaban J connectivity index is 3.22. The summed E-state index contributed by atoms with van der Waals surface area (Å²) in [5, 5.41) is 28.9. The lowest BCUT2D eigenvalue weighted by molar-refractivity contribution is 0.0322. The molecule has 1 aromatic carbocycles. The smallest absolute Gasteiger partial charge is 0.153 e. The van der Waals surface area contributed by atoms with Crippen LogP contribution in [0.2, 0.25) is 5.02 Å². The number of hydrogen-bond acceptors (Lipinski definition) is 5. The lowest BCUT2D eigenvalue weighted by atomic mass is 10.0. The zero-order chi connectivity index (χ0) is 12.3. The second-order valence-corrected chi connectivity index (χ2v) is 4.05. The second-order valence-electron chi connectivity index (χ2n) is 3.25. The zero-order valence-electron chi connectivity index (χ0n) is 8.17.